The number of hydrogen-bond acceptors (Lipinski definition) is 7. The number of benzene rings is 1. The number of pyridine rings is 1. The van der Waals surface area contributed by atoms with Crippen molar-refractivity contribution in [3.8, 4) is 6.07 Å². The van der Waals surface area contributed by atoms with E-state index in [9.17, 15) is 14.9 Å². The lowest BCUT2D eigenvalue weighted by Crippen LogP contribution is -2.48. The smallest absolute Gasteiger partial charge is 0.270 e. The van der Waals surface area contributed by atoms with Gasteiger partial charge in [-0.2, -0.15) is 5.26 Å². The van der Waals surface area contributed by atoms with Crippen LogP contribution in [0.1, 0.15) is 75.5 Å². The van der Waals surface area contributed by atoms with E-state index in [0.717, 1.165) is 69.7 Å². The van der Waals surface area contributed by atoms with Crippen LogP contribution in [0.2, 0.25) is 0 Å². The van der Waals surface area contributed by atoms with Gasteiger partial charge in [-0.25, -0.2) is 0 Å². The molecule has 2 aliphatic rings. The van der Waals surface area contributed by atoms with Crippen molar-refractivity contribution in [1.82, 2.24) is 9.47 Å². The van der Waals surface area contributed by atoms with Crippen molar-refractivity contribution >= 4 is 51.8 Å². The van der Waals surface area contributed by atoms with Gasteiger partial charge in [0.2, 0.25) is 0 Å². The van der Waals surface area contributed by atoms with Crippen molar-refractivity contribution < 1.29 is 4.79 Å². The molecule has 0 bridgehead atoms. The zero-order valence-corrected chi connectivity index (χ0v) is 26.2. The standard InChI is InChI=1S/C32H41N5O2S2/c1-4-6-8-9-13-17-37-31(39)28(41-32(37)40)22-26-24(3)27(23-33)30(38)36(16-7-5-2)29(26)35-20-18-34(19-21-35)25-14-11-10-12-15-25/h10-12,14-15,22H,4-9,13,16-21H2,1-3H3. The van der Waals surface area contributed by atoms with Gasteiger partial charge in [0, 0.05) is 50.5 Å². The highest BCUT2D eigenvalue weighted by Gasteiger charge is 2.33. The fraction of sp³-hybridized carbons (Fsp3) is 0.500. The fourth-order valence-corrected chi connectivity index (χ4v) is 6.81. The molecule has 0 radical (unpaired) electrons. The van der Waals surface area contributed by atoms with Crippen LogP contribution in [0.25, 0.3) is 6.08 Å². The Morgan fingerprint density at radius 1 is 0.927 bits per heavy atom. The van der Waals surface area contributed by atoms with Crippen molar-refractivity contribution in [2.24, 2.45) is 0 Å². The number of anilines is 2. The summed E-state index contributed by atoms with van der Waals surface area (Å²) < 4.78 is 2.35. The molecule has 0 saturated carbocycles. The molecule has 0 unspecified atom stereocenters. The first kappa shape index (κ1) is 30.9. The maximum absolute atomic E-state index is 13.6. The molecule has 1 aromatic carbocycles. The first-order valence-electron chi connectivity index (χ1n) is 14.9. The van der Waals surface area contributed by atoms with E-state index in [1.165, 1.54) is 30.3 Å². The van der Waals surface area contributed by atoms with Gasteiger partial charge in [0.05, 0.1) is 4.91 Å². The molecule has 7 nitrogen and oxygen atoms in total. The summed E-state index contributed by atoms with van der Waals surface area (Å²) in [5.74, 6) is 0.719. The summed E-state index contributed by atoms with van der Waals surface area (Å²) in [6.45, 7) is 10.3. The topological polar surface area (TPSA) is 72.6 Å². The normalized spacial score (nSPS) is 16.6. The van der Waals surface area contributed by atoms with Crippen LogP contribution in [0.5, 0.6) is 0 Å². The number of thioether (sulfide) groups is 1. The second-order valence-corrected chi connectivity index (χ2v) is 12.4. The Hall–Kier alpha value is -3.09. The molecule has 1 amide bonds. The van der Waals surface area contributed by atoms with Gasteiger partial charge in [-0.3, -0.25) is 19.1 Å². The van der Waals surface area contributed by atoms with Gasteiger partial charge >= 0.3 is 0 Å². The molecule has 2 fully saturated rings. The number of aromatic nitrogens is 1. The second kappa shape index (κ2) is 14.7. The van der Waals surface area contributed by atoms with E-state index in [4.69, 9.17) is 12.2 Å². The number of nitriles is 1. The zero-order chi connectivity index (χ0) is 29.4. The van der Waals surface area contributed by atoms with Crippen LogP contribution in [0.15, 0.2) is 40.0 Å². The first-order chi connectivity index (χ1) is 19.9. The molecular weight excluding hydrogens is 551 g/mol. The molecule has 41 heavy (non-hydrogen) atoms. The molecule has 0 aliphatic carbocycles. The lowest BCUT2D eigenvalue weighted by atomic mass is 10.0. The molecular formula is C32H41N5O2S2. The van der Waals surface area contributed by atoms with Crippen molar-refractivity contribution in [3.63, 3.8) is 0 Å². The molecule has 4 rings (SSSR count). The summed E-state index contributed by atoms with van der Waals surface area (Å²) in [6.07, 6.45) is 9.18. The molecule has 0 atom stereocenters. The van der Waals surface area contributed by atoms with Gasteiger partial charge < -0.3 is 9.80 Å². The minimum absolute atomic E-state index is 0.0837. The third kappa shape index (κ3) is 7.04. The molecule has 2 aliphatic heterocycles. The number of rotatable bonds is 12. The second-order valence-electron chi connectivity index (χ2n) is 10.7. The highest BCUT2D eigenvalue weighted by Crippen LogP contribution is 2.36. The predicted molar refractivity (Wildman–Crippen MR) is 175 cm³/mol. The number of para-hydroxylation sites is 1. The Kier molecular flexibility index (Phi) is 11.1. The van der Waals surface area contributed by atoms with E-state index >= 15 is 0 Å². The van der Waals surface area contributed by atoms with E-state index in [1.54, 1.807) is 9.47 Å². The van der Waals surface area contributed by atoms with Gasteiger partial charge in [-0.05, 0) is 43.5 Å². The number of hydrogen-bond donors (Lipinski definition) is 0. The zero-order valence-electron chi connectivity index (χ0n) is 24.5. The van der Waals surface area contributed by atoms with Crippen LogP contribution in [0.4, 0.5) is 11.5 Å². The molecule has 0 spiro atoms. The largest absolute Gasteiger partial charge is 0.368 e. The minimum atomic E-state index is -0.254. The number of carbonyl (C=O) groups excluding carboxylic acids is 1. The fourth-order valence-electron chi connectivity index (χ4n) is 5.52. The van der Waals surface area contributed by atoms with Gasteiger partial charge in [-0.15, -0.1) is 0 Å². The molecule has 1 aromatic heterocycles. The molecule has 3 heterocycles. The summed E-state index contributed by atoms with van der Waals surface area (Å²) >= 11 is 6.94. The van der Waals surface area contributed by atoms with E-state index in [2.05, 4.69) is 41.8 Å². The molecule has 218 valence electrons. The number of nitrogens with zero attached hydrogens (tertiary/aromatic N) is 5. The Bertz CT molecular complexity index is 1370. The van der Waals surface area contributed by atoms with Crippen molar-refractivity contribution in [2.75, 3.05) is 42.5 Å². The van der Waals surface area contributed by atoms with Gasteiger partial charge in [-0.1, -0.05) is 88.1 Å². The lowest BCUT2D eigenvalue weighted by molar-refractivity contribution is -0.122. The quantitative estimate of drug-likeness (QED) is 0.162. The van der Waals surface area contributed by atoms with E-state index in [-0.39, 0.29) is 17.0 Å². The Morgan fingerprint density at radius 2 is 1.59 bits per heavy atom. The van der Waals surface area contributed by atoms with Crippen molar-refractivity contribution in [1.29, 1.82) is 5.26 Å². The monoisotopic (exact) mass is 591 g/mol. The highest BCUT2D eigenvalue weighted by molar-refractivity contribution is 8.26. The lowest BCUT2D eigenvalue weighted by Gasteiger charge is -2.39. The van der Waals surface area contributed by atoms with Crippen LogP contribution in [0.3, 0.4) is 0 Å². The third-order valence-corrected chi connectivity index (χ3v) is 9.29. The summed E-state index contributed by atoms with van der Waals surface area (Å²) in [6, 6.07) is 12.5. The van der Waals surface area contributed by atoms with Gasteiger partial charge in [0.25, 0.3) is 11.5 Å². The molecule has 2 saturated heterocycles. The Morgan fingerprint density at radius 3 is 2.24 bits per heavy atom. The number of piperazine rings is 1. The average molecular weight is 592 g/mol. The molecule has 2 aromatic rings. The number of carbonyl (C=O) groups is 1. The summed E-state index contributed by atoms with van der Waals surface area (Å²) in [5.41, 5.74) is 2.47. The Balaban J connectivity index is 1.70. The van der Waals surface area contributed by atoms with E-state index in [0.29, 0.717) is 27.9 Å². The van der Waals surface area contributed by atoms with Crippen molar-refractivity contribution in [2.45, 2.75) is 72.3 Å². The highest BCUT2D eigenvalue weighted by atomic mass is 32.2. The predicted octanol–water partition coefficient (Wildman–Crippen LogP) is 6.33. The van der Waals surface area contributed by atoms with Crippen LogP contribution >= 0.6 is 24.0 Å². The minimum Gasteiger partial charge on any atom is -0.368 e. The summed E-state index contributed by atoms with van der Waals surface area (Å²) in [5, 5.41) is 9.99. The first-order valence-corrected chi connectivity index (χ1v) is 16.1. The van der Waals surface area contributed by atoms with Crippen LogP contribution in [0, 0.1) is 18.3 Å². The van der Waals surface area contributed by atoms with Crippen LogP contribution in [-0.4, -0.2) is 52.4 Å². The van der Waals surface area contributed by atoms with E-state index < -0.39 is 0 Å². The maximum atomic E-state index is 13.6. The van der Waals surface area contributed by atoms with E-state index in [1.807, 2.05) is 31.2 Å². The number of unbranched alkanes of at least 4 members (excludes halogenated alkanes) is 5. The molecule has 0 N–H and O–H groups in total. The Labute approximate surface area is 253 Å². The van der Waals surface area contributed by atoms with Gasteiger partial charge in [0.1, 0.15) is 21.8 Å². The van der Waals surface area contributed by atoms with Crippen LogP contribution in [-0.2, 0) is 11.3 Å². The average Bonchev–Trinajstić information content (AvgIpc) is 3.26. The van der Waals surface area contributed by atoms with Gasteiger partial charge in [0.15, 0.2) is 0 Å². The number of thiocarbonyl (C=S) groups is 1. The maximum Gasteiger partial charge on any atom is 0.270 e. The summed E-state index contributed by atoms with van der Waals surface area (Å²) in [4.78, 5) is 34.0. The summed E-state index contributed by atoms with van der Waals surface area (Å²) in [7, 11) is 0. The molecule has 9 heteroatoms. The van der Waals surface area contributed by atoms with Crippen LogP contribution < -0.4 is 15.4 Å². The SMILES string of the molecule is CCCCCCCN1C(=O)C(=Cc2c(C)c(C#N)c(=O)n(CCCC)c2N2CCN(c3ccccc3)CC2)SC1=S. The number of amides is 1. The third-order valence-electron chi connectivity index (χ3n) is 7.92. The van der Waals surface area contributed by atoms with Crippen molar-refractivity contribution in [3.05, 3.63) is 62.3 Å².